The molecule has 0 amide bonds. The highest BCUT2D eigenvalue weighted by atomic mass is 35.7. The number of amidine groups is 1. The summed E-state index contributed by atoms with van der Waals surface area (Å²) in [5.74, 6) is 1.21. The minimum absolute atomic E-state index is 0.154. The van der Waals surface area contributed by atoms with E-state index in [1.54, 1.807) is 0 Å². The van der Waals surface area contributed by atoms with E-state index in [9.17, 15) is 0 Å². The van der Waals surface area contributed by atoms with E-state index < -0.39 is 10.2 Å². The molecule has 0 saturated heterocycles. The summed E-state index contributed by atoms with van der Waals surface area (Å²) < 4.78 is 36.1. The van der Waals surface area contributed by atoms with Crippen LogP contribution >= 0.6 is 0 Å². The lowest BCUT2D eigenvalue weighted by atomic mass is 9.90. The zero-order chi connectivity index (χ0) is 17.6. The third kappa shape index (κ3) is 12.6. The molecular formula is C13H28ClN3O4. The largest absolute Gasteiger partial charge is 0.380 e. The third-order valence-corrected chi connectivity index (χ3v) is 2.43. The highest BCUT2D eigenvalue weighted by Gasteiger charge is 2.22. The van der Waals surface area contributed by atoms with Crippen molar-refractivity contribution in [1.29, 1.82) is 0 Å². The Labute approximate surface area is 130 Å². The fourth-order valence-corrected chi connectivity index (χ4v) is 1.80. The van der Waals surface area contributed by atoms with Crippen LogP contribution in [0.3, 0.4) is 0 Å². The second-order valence-corrected chi connectivity index (χ2v) is 6.95. The monoisotopic (exact) mass is 325 g/mol. The number of allylic oxidation sites excluding steroid dienone is 1. The van der Waals surface area contributed by atoms with Gasteiger partial charge in [-0.1, -0.05) is 20.8 Å². The van der Waals surface area contributed by atoms with Gasteiger partial charge < -0.3 is 4.90 Å². The summed E-state index contributed by atoms with van der Waals surface area (Å²) in [5.41, 5.74) is 1.48. The van der Waals surface area contributed by atoms with Crippen molar-refractivity contribution in [2.24, 2.45) is 5.41 Å². The van der Waals surface area contributed by atoms with E-state index in [-0.39, 0.29) is 5.41 Å². The molecule has 0 unspecified atom stereocenters. The van der Waals surface area contributed by atoms with Crippen molar-refractivity contribution in [2.45, 2.75) is 20.8 Å². The van der Waals surface area contributed by atoms with Crippen molar-refractivity contribution in [3.05, 3.63) is 11.8 Å². The summed E-state index contributed by atoms with van der Waals surface area (Å²) in [6.07, 6.45) is 2.25. The quantitative estimate of drug-likeness (QED) is 0.304. The van der Waals surface area contributed by atoms with Crippen LogP contribution in [0.1, 0.15) is 20.8 Å². The van der Waals surface area contributed by atoms with Crippen molar-refractivity contribution in [3.8, 4) is 0 Å². The average molecular weight is 326 g/mol. The van der Waals surface area contributed by atoms with Gasteiger partial charge in [-0.05, 0) is 0 Å². The molecular weight excluding hydrogens is 298 g/mol. The molecule has 21 heavy (non-hydrogen) atoms. The standard InChI is InChI=1S/C13H28N3.ClHO4/c1-13(2,3)11(14(4)5)10-12(15(6)7)16(8)9;2-1(3,4)5/h10H,1-9H3;(H,2,3,4,5)/q+1;/p-1. The lowest BCUT2D eigenvalue weighted by Crippen LogP contribution is -2.68. The zero-order valence-corrected chi connectivity index (χ0v) is 15.2. The molecule has 0 aromatic carbocycles. The Kier molecular flexibility index (Phi) is 9.13. The molecule has 0 saturated carbocycles. The van der Waals surface area contributed by atoms with Crippen LogP contribution in [0.15, 0.2) is 11.8 Å². The Morgan fingerprint density at radius 2 is 1.24 bits per heavy atom. The van der Waals surface area contributed by atoms with Gasteiger partial charge in [0.2, 0.25) is 0 Å². The number of hydrogen-bond acceptors (Lipinski definition) is 5. The molecule has 0 aromatic rings. The number of hydrogen-bond donors (Lipinski definition) is 0. The number of nitrogens with zero attached hydrogens (tertiary/aromatic N) is 3. The Hall–Kier alpha value is -0.860. The van der Waals surface area contributed by atoms with Crippen LogP contribution in [0.25, 0.3) is 0 Å². The van der Waals surface area contributed by atoms with Crippen LogP contribution in [0.2, 0.25) is 0 Å². The van der Waals surface area contributed by atoms with Gasteiger partial charge >= 0.3 is 0 Å². The maximum Gasteiger partial charge on any atom is 0.272 e. The topological polar surface area (TPSA) is 102 Å². The maximum atomic E-state index is 8.49. The van der Waals surface area contributed by atoms with Gasteiger partial charge in [-0.25, -0.2) is 18.6 Å². The molecule has 0 bridgehead atoms. The summed E-state index contributed by atoms with van der Waals surface area (Å²) in [6.45, 7) is 6.71. The predicted octanol–water partition coefficient (Wildman–Crippen LogP) is -3.05. The number of halogens is 1. The lowest BCUT2D eigenvalue weighted by molar-refractivity contribution is -2.00. The van der Waals surface area contributed by atoms with E-state index in [1.165, 1.54) is 11.5 Å². The molecule has 0 atom stereocenters. The van der Waals surface area contributed by atoms with Crippen LogP contribution < -0.4 is 18.6 Å². The molecule has 0 radical (unpaired) electrons. The Bertz CT molecular complexity index is 370. The molecule has 7 nitrogen and oxygen atoms in total. The molecule has 0 N–H and O–H groups in total. The fourth-order valence-electron chi connectivity index (χ4n) is 1.80. The SMILES string of the molecule is CN(C)C(/C=C(/N(C)C)C(C)(C)C)=[N+](C)C.[O-][Cl+3]([O-])([O-])[O-]. The summed E-state index contributed by atoms with van der Waals surface area (Å²) in [7, 11) is 7.53. The second-order valence-electron chi connectivity index (χ2n) is 6.20. The van der Waals surface area contributed by atoms with Crippen LogP contribution in [0, 0.1) is 15.7 Å². The number of likely N-dealkylation sites (N-methyl/N-ethyl adjacent to an activating group) is 1. The third-order valence-electron chi connectivity index (χ3n) is 2.43. The van der Waals surface area contributed by atoms with Crippen molar-refractivity contribution < 1.29 is 33.5 Å². The van der Waals surface area contributed by atoms with Crippen molar-refractivity contribution in [1.82, 2.24) is 9.80 Å². The molecule has 126 valence electrons. The van der Waals surface area contributed by atoms with Crippen LogP contribution in [-0.2, 0) is 0 Å². The minimum atomic E-state index is -4.94. The maximum absolute atomic E-state index is 8.49. The van der Waals surface area contributed by atoms with Gasteiger partial charge in [-0.3, -0.25) is 9.48 Å². The smallest absolute Gasteiger partial charge is 0.272 e. The Morgan fingerprint density at radius 1 is 0.905 bits per heavy atom. The number of rotatable bonds is 2. The molecule has 0 heterocycles. The van der Waals surface area contributed by atoms with Crippen LogP contribution in [0.5, 0.6) is 0 Å². The zero-order valence-electron chi connectivity index (χ0n) is 14.4. The van der Waals surface area contributed by atoms with Crippen molar-refractivity contribution >= 4 is 5.84 Å². The van der Waals surface area contributed by atoms with Crippen molar-refractivity contribution in [2.75, 3.05) is 42.3 Å². The van der Waals surface area contributed by atoms with Crippen LogP contribution in [0.4, 0.5) is 0 Å². The van der Waals surface area contributed by atoms with E-state index in [2.05, 4.69) is 83.5 Å². The van der Waals surface area contributed by atoms with E-state index in [0.29, 0.717) is 0 Å². The first kappa shape index (κ1) is 22.4. The van der Waals surface area contributed by atoms with Gasteiger partial charge in [0.1, 0.15) is 0 Å². The molecule has 0 aliphatic carbocycles. The molecule has 0 spiro atoms. The fraction of sp³-hybridized carbons (Fsp3) is 0.769. The summed E-state index contributed by atoms with van der Waals surface area (Å²) in [4.78, 5) is 4.32. The summed E-state index contributed by atoms with van der Waals surface area (Å²) in [6, 6.07) is 0. The van der Waals surface area contributed by atoms with Gasteiger partial charge in [0.25, 0.3) is 5.84 Å². The van der Waals surface area contributed by atoms with Gasteiger partial charge in [0.05, 0.1) is 28.2 Å². The van der Waals surface area contributed by atoms with Gasteiger partial charge in [0.15, 0.2) is 0 Å². The molecule has 0 aliphatic heterocycles. The summed E-state index contributed by atoms with van der Waals surface area (Å²) >= 11 is 0. The van der Waals surface area contributed by atoms with Crippen LogP contribution in [-0.4, -0.2) is 62.5 Å². The van der Waals surface area contributed by atoms with Crippen molar-refractivity contribution in [3.63, 3.8) is 0 Å². The molecule has 0 fully saturated rings. The molecule has 0 aliphatic rings. The summed E-state index contributed by atoms with van der Waals surface area (Å²) in [5, 5.41) is 0. The molecule has 8 heteroatoms. The highest BCUT2D eigenvalue weighted by molar-refractivity contribution is 5.89. The minimum Gasteiger partial charge on any atom is -0.380 e. The molecule has 0 aromatic heterocycles. The van der Waals surface area contributed by atoms with E-state index >= 15 is 0 Å². The van der Waals surface area contributed by atoms with E-state index in [0.717, 1.165) is 0 Å². The molecule has 0 rings (SSSR count). The van der Waals surface area contributed by atoms with Gasteiger partial charge in [-0.2, -0.15) is 0 Å². The highest BCUT2D eigenvalue weighted by Crippen LogP contribution is 2.26. The first-order chi connectivity index (χ1) is 9.07. The first-order valence-corrected chi connectivity index (χ1v) is 7.53. The first-order valence-electron chi connectivity index (χ1n) is 6.30. The Morgan fingerprint density at radius 3 is 1.38 bits per heavy atom. The lowest BCUT2D eigenvalue weighted by Gasteiger charge is -2.29. The van der Waals surface area contributed by atoms with Gasteiger partial charge in [-0.15, -0.1) is 10.2 Å². The Balaban J connectivity index is 0. The predicted molar refractivity (Wildman–Crippen MR) is 72.0 cm³/mol. The van der Waals surface area contributed by atoms with Gasteiger partial charge in [0, 0.05) is 31.3 Å². The van der Waals surface area contributed by atoms with E-state index in [1.807, 2.05) is 0 Å². The normalized spacial score (nSPS) is 12.3. The van der Waals surface area contributed by atoms with E-state index in [4.69, 9.17) is 18.6 Å². The average Bonchev–Trinajstić information content (AvgIpc) is 2.10. The second kappa shape index (κ2) is 8.55.